The lowest BCUT2D eigenvalue weighted by Crippen LogP contribution is -2.38. The summed E-state index contributed by atoms with van der Waals surface area (Å²) in [6.45, 7) is 0.0615. The van der Waals surface area contributed by atoms with Crippen molar-refractivity contribution in [2.45, 2.75) is 25.3 Å². The lowest BCUT2D eigenvalue weighted by atomic mass is 10.2. The molecule has 10 heteroatoms. The molecular formula is C22H25N3O7. The Morgan fingerprint density at radius 1 is 1.09 bits per heavy atom. The molecule has 10 nitrogen and oxygen atoms in total. The Hall–Kier alpha value is -3.82. The van der Waals surface area contributed by atoms with E-state index in [-0.39, 0.29) is 54.6 Å². The number of ether oxygens (including phenoxy) is 3. The fourth-order valence-electron chi connectivity index (χ4n) is 3.21. The first-order chi connectivity index (χ1) is 15.4. The van der Waals surface area contributed by atoms with Gasteiger partial charge in [-0.05, 0) is 37.1 Å². The molecule has 3 rings (SSSR count). The van der Waals surface area contributed by atoms with Crippen LogP contribution in [0.25, 0.3) is 0 Å². The van der Waals surface area contributed by atoms with Crippen LogP contribution < -0.4 is 19.5 Å². The summed E-state index contributed by atoms with van der Waals surface area (Å²) in [6.07, 6.45) is 1.82. The van der Waals surface area contributed by atoms with Crippen LogP contribution in [0.2, 0.25) is 0 Å². The van der Waals surface area contributed by atoms with Gasteiger partial charge < -0.3 is 24.4 Å². The first-order valence-corrected chi connectivity index (χ1v) is 10.1. The number of nitro groups is 1. The Bertz CT molecular complexity index is 991. The second-order valence-corrected chi connectivity index (χ2v) is 7.20. The lowest BCUT2D eigenvalue weighted by Gasteiger charge is -2.22. The van der Waals surface area contributed by atoms with Gasteiger partial charge in [-0.2, -0.15) is 0 Å². The molecule has 1 aliphatic rings. The van der Waals surface area contributed by atoms with Crippen LogP contribution in [0.4, 0.5) is 11.4 Å². The summed E-state index contributed by atoms with van der Waals surface area (Å²) in [7, 11) is 2.86. The van der Waals surface area contributed by atoms with E-state index in [9.17, 15) is 19.7 Å². The number of rotatable bonds is 11. The van der Waals surface area contributed by atoms with E-state index in [0.717, 1.165) is 12.8 Å². The molecule has 0 radical (unpaired) electrons. The van der Waals surface area contributed by atoms with E-state index in [1.807, 2.05) is 0 Å². The molecule has 1 aliphatic carbocycles. The van der Waals surface area contributed by atoms with Crippen LogP contribution in [0.1, 0.15) is 19.3 Å². The van der Waals surface area contributed by atoms with Crippen LogP contribution in [0.3, 0.4) is 0 Å². The summed E-state index contributed by atoms with van der Waals surface area (Å²) in [4.78, 5) is 37.3. The molecule has 0 atom stereocenters. The molecule has 1 saturated carbocycles. The Morgan fingerprint density at radius 2 is 1.78 bits per heavy atom. The largest absolute Gasteiger partial charge is 0.493 e. The number of benzene rings is 2. The minimum absolute atomic E-state index is 0.0523. The zero-order valence-corrected chi connectivity index (χ0v) is 17.9. The van der Waals surface area contributed by atoms with Crippen molar-refractivity contribution in [1.29, 1.82) is 0 Å². The van der Waals surface area contributed by atoms with E-state index in [2.05, 4.69) is 5.32 Å². The average molecular weight is 443 g/mol. The molecule has 170 valence electrons. The maximum Gasteiger partial charge on any atom is 0.312 e. The van der Waals surface area contributed by atoms with Gasteiger partial charge in [0, 0.05) is 30.8 Å². The van der Waals surface area contributed by atoms with Crippen molar-refractivity contribution < 1.29 is 28.7 Å². The standard InChI is InChI=1S/C22H25N3O7/c1-30-18-10-7-15(13-17(18)25(28)29)23-21(26)11-12-24(16-8-9-16)22(27)14-32-20-6-4-3-5-19(20)31-2/h3-7,10,13,16H,8-9,11-12,14H2,1-2H3,(H,23,26). The molecular weight excluding hydrogens is 418 g/mol. The molecule has 2 amide bonds. The predicted molar refractivity (Wildman–Crippen MR) is 116 cm³/mol. The summed E-state index contributed by atoms with van der Waals surface area (Å²) < 4.78 is 15.8. The molecule has 1 fully saturated rings. The van der Waals surface area contributed by atoms with E-state index in [0.29, 0.717) is 11.5 Å². The molecule has 0 spiro atoms. The number of hydrogen-bond acceptors (Lipinski definition) is 7. The van der Waals surface area contributed by atoms with Gasteiger partial charge in [0.1, 0.15) is 0 Å². The third-order valence-corrected chi connectivity index (χ3v) is 4.97. The van der Waals surface area contributed by atoms with Gasteiger partial charge in [0.05, 0.1) is 19.1 Å². The number of methoxy groups -OCH3 is 2. The van der Waals surface area contributed by atoms with Crippen molar-refractivity contribution in [3.63, 3.8) is 0 Å². The van der Waals surface area contributed by atoms with Crippen molar-refractivity contribution in [3.8, 4) is 17.2 Å². The van der Waals surface area contributed by atoms with Crippen LogP contribution in [-0.4, -0.2) is 55.1 Å². The van der Waals surface area contributed by atoms with Gasteiger partial charge in [-0.25, -0.2) is 0 Å². The SMILES string of the molecule is COc1ccccc1OCC(=O)N(CCC(=O)Nc1ccc(OC)c([N+](=O)[O-])c1)C1CC1. The first kappa shape index (κ1) is 22.9. The molecule has 0 aliphatic heterocycles. The van der Waals surface area contributed by atoms with E-state index < -0.39 is 4.92 Å². The summed E-state index contributed by atoms with van der Waals surface area (Å²) in [5.74, 6) is 0.539. The number of anilines is 1. The number of nitrogens with zero attached hydrogens (tertiary/aromatic N) is 2. The number of hydrogen-bond donors (Lipinski definition) is 1. The van der Waals surface area contributed by atoms with Crippen LogP contribution in [0.5, 0.6) is 17.2 Å². The maximum absolute atomic E-state index is 12.7. The van der Waals surface area contributed by atoms with E-state index in [4.69, 9.17) is 14.2 Å². The number of para-hydroxylation sites is 2. The monoisotopic (exact) mass is 443 g/mol. The van der Waals surface area contributed by atoms with Gasteiger partial charge in [0.2, 0.25) is 5.91 Å². The van der Waals surface area contributed by atoms with Gasteiger partial charge in [-0.3, -0.25) is 19.7 Å². The normalized spacial score (nSPS) is 12.6. The summed E-state index contributed by atoms with van der Waals surface area (Å²) in [5.41, 5.74) is 0.0416. The molecule has 0 unspecified atom stereocenters. The lowest BCUT2D eigenvalue weighted by molar-refractivity contribution is -0.385. The molecule has 2 aromatic rings. The van der Waals surface area contributed by atoms with Crippen molar-refractivity contribution in [2.75, 3.05) is 32.7 Å². The van der Waals surface area contributed by atoms with Crippen LogP contribution in [0, 0.1) is 10.1 Å². The van der Waals surface area contributed by atoms with Crippen LogP contribution in [-0.2, 0) is 9.59 Å². The maximum atomic E-state index is 12.7. The number of nitro benzene ring substituents is 1. The molecule has 1 N–H and O–H groups in total. The smallest absolute Gasteiger partial charge is 0.312 e. The molecule has 0 saturated heterocycles. The highest BCUT2D eigenvalue weighted by atomic mass is 16.6. The van der Waals surface area contributed by atoms with Crippen molar-refractivity contribution in [3.05, 3.63) is 52.6 Å². The van der Waals surface area contributed by atoms with Gasteiger partial charge in [0.15, 0.2) is 23.9 Å². The zero-order chi connectivity index (χ0) is 23.1. The van der Waals surface area contributed by atoms with Crippen LogP contribution in [0.15, 0.2) is 42.5 Å². The van der Waals surface area contributed by atoms with Gasteiger partial charge in [-0.15, -0.1) is 0 Å². The predicted octanol–water partition coefficient (Wildman–Crippen LogP) is 3.01. The number of amides is 2. The Balaban J connectivity index is 1.55. The Kier molecular flexibility index (Phi) is 7.48. The third kappa shape index (κ3) is 5.87. The van der Waals surface area contributed by atoms with Gasteiger partial charge in [0.25, 0.3) is 5.91 Å². The van der Waals surface area contributed by atoms with Gasteiger partial charge >= 0.3 is 5.69 Å². The second kappa shape index (κ2) is 10.5. The van der Waals surface area contributed by atoms with E-state index in [1.165, 1.54) is 32.4 Å². The highest BCUT2D eigenvalue weighted by Gasteiger charge is 2.33. The number of nitrogens with one attached hydrogen (secondary N) is 1. The van der Waals surface area contributed by atoms with Crippen molar-refractivity contribution >= 4 is 23.2 Å². The van der Waals surface area contributed by atoms with Crippen molar-refractivity contribution in [1.82, 2.24) is 4.90 Å². The molecule has 0 aromatic heterocycles. The topological polar surface area (TPSA) is 120 Å². The number of carbonyl (C=O) groups is 2. The Morgan fingerprint density at radius 3 is 2.41 bits per heavy atom. The highest BCUT2D eigenvalue weighted by molar-refractivity contribution is 5.91. The highest BCUT2D eigenvalue weighted by Crippen LogP contribution is 2.30. The zero-order valence-electron chi connectivity index (χ0n) is 17.9. The quantitative estimate of drug-likeness (QED) is 0.419. The first-order valence-electron chi connectivity index (χ1n) is 10.1. The fraction of sp³-hybridized carbons (Fsp3) is 0.364. The van der Waals surface area contributed by atoms with Crippen LogP contribution >= 0.6 is 0 Å². The summed E-state index contributed by atoms with van der Waals surface area (Å²) in [5, 5.41) is 13.8. The third-order valence-electron chi connectivity index (χ3n) is 4.97. The summed E-state index contributed by atoms with van der Waals surface area (Å²) in [6, 6.07) is 11.3. The van der Waals surface area contributed by atoms with Crippen molar-refractivity contribution in [2.24, 2.45) is 0 Å². The second-order valence-electron chi connectivity index (χ2n) is 7.20. The average Bonchev–Trinajstić information content (AvgIpc) is 3.63. The van der Waals surface area contributed by atoms with E-state index >= 15 is 0 Å². The minimum Gasteiger partial charge on any atom is -0.493 e. The molecule has 0 bridgehead atoms. The summed E-state index contributed by atoms with van der Waals surface area (Å²) >= 11 is 0. The molecule has 32 heavy (non-hydrogen) atoms. The number of carbonyl (C=O) groups excluding carboxylic acids is 2. The minimum atomic E-state index is -0.580. The fourth-order valence-corrected chi connectivity index (χ4v) is 3.21. The van der Waals surface area contributed by atoms with Gasteiger partial charge in [-0.1, -0.05) is 12.1 Å². The van der Waals surface area contributed by atoms with E-state index in [1.54, 1.807) is 29.2 Å². The Labute approximate surface area is 185 Å². The molecule has 2 aromatic carbocycles. The molecule has 0 heterocycles.